The van der Waals surface area contributed by atoms with Crippen LogP contribution in [0.15, 0.2) is 18.2 Å². The van der Waals surface area contributed by atoms with Crippen molar-refractivity contribution >= 4 is 41.5 Å². The first-order valence-electron chi connectivity index (χ1n) is 7.38. The van der Waals surface area contributed by atoms with Crippen LogP contribution in [-0.2, 0) is 4.79 Å². The van der Waals surface area contributed by atoms with Gasteiger partial charge >= 0.3 is 0 Å². The fraction of sp³-hybridized carbons (Fsp3) is 0.562. The highest BCUT2D eigenvalue weighted by Gasteiger charge is 2.48. The summed E-state index contributed by atoms with van der Waals surface area (Å²) in [5, 5.41) is 1.15. The molecule has 1 saturated carbocycles. The molecule has 3 unspecified atom stereocenters. The molecule has 2 fully saturated rings. The summed E-state index contributed by atoms with van der Waals surface area (Å²) in [6.45, 7) is 4.37. The van der Waals surface area contributed by atoms with E-state index in [1.54, 1.807) is 6.07 Å². The number of halogens is 3. The molecule has 1 saturated heterocycles. The first kappa shape index (κ1) is 17.9. The van der Waals surface area contributed by atoms with Gasteiger partial charge in [0.25, 0.3) is 0 Å². The van der Waals surface area contributed by atoms with E-state index >= 15 is 0 Å². The number of amides is 1. The zero-order chi connectivity index (χ0) is 15.2. The van der Waals surface area contributed by atoms with E-state index in [2.05, 4.69) is 6.92 Å². The van der Waals surface area contributed by atoms with Crippen LogP contribution < -0.4 is 5.73 Å². The molecule has 1 aliphatic carbocycles. The molecule has 1 heterocycles. The highest BCUT2D eigenvalue weighted by Crippen LogP contribution is 2.52. The number of hydrogen-bond donors (Lipinski definition) is 1. The van der Waals surface area contributed by atoms with E-state index in [1.807, 2.05) is 17.0 Å². The molecule has 3 nitrogen and oxygen atoms in total. The number of carbonyl (C=O) groups excluding carboxylic acids is 1. The number of nitrogens with zero attached hydrogens (tertiary/aromatic N) is 1. The Kier molecular flexibility index (Phi) is 5.33. The van der Waals surface area contributed by atoms with Crippen LogP contribution in [0.1, 0.15) is 31.2 Å². The molecular weight excluding hydrogens is 343 g/mol. The van der Waals surface area contributed by atoms with E-state index in [4.69, 9.17) is 28.9 Å². The summed E-state index contributed by atoms with van der Waals surface area (Å²) in [6, 6.07) is 5.64. The summed E-state index contributed by atoms with van der Waals surface area (Å²) in [7, 11) is 0. The minimum absolute atomic E-state index is 0. The Balaban J connectivity index is 0.00000176. The number of benzene rings is 1. The highest BCUT2D eigenvalue weighted by atomic mass is 35.5. The van der Waals surface area contributed by atoms with E-state index in [1.165, 1.54) is 0 Å². The fourth-order valence-corrected chi connectivity index (χ4v) is 3.68. The van der Waals surface area contributed by atoms with Crippen LogP contribution in [0.2, 0.25) is 10.0 Å². The second-order valence-corrected chi connectivity index (χ2v) is 7.40. The van der Waals surface area contributed by atoms with Crippen molar-refractivity contribution in [1.29, 1.82) is 0 Å². The van der Waals surface area contributed by atoms with Crippen LogP contribution in [0.5, 0.6) is 0 Å². The average Bonchev–Trinajstić information content (AvgIpc) is 3.16. The van der Waals surface area contributed by atoms with Crippen molar-refractivity contribution in [3.8, 4) is 0 Å². The third-order valence-corrected chi connectivity index (χ3v) is 5.68. The van der Waals surface area contributed by atoms with Gasteiger partial charge in [0, 0.05) is 19.0 Å². The summed E-state index contributed by atoms with van der Waals surface area (Å²) in [5.74, 6) is 0.516. The molecule has 3 atom stereocenters. The molecule has 0 spiro atoms. The Hall–Kier alpha value is -0.480. The molecular formula is C16H21Cl3N2O. The molecule has 0 radical (unpaired) electrons. The van der Waals surface area contributed by atoms with Gasteiger partial charge in [0.1, 0.15) is 0 Å². The molecule has 1 aliphatic heterocycles. The lowest BCUT2D eigenvalue weighted by molar-refractivity contribution is -0.132. The first-order valence-corrected chi connectivity index (χ1v) is 8.13. The summed E-state index contributed by atoms with van der Waals surface area (Å²) < 4.78 is 0. The zero-order valence-corrected chi connectivity index (χ0v) is 14.8. The molecule has 122 valence electrons. The van der Waals surface area contributed by atoms with Gasteiger partial charge < -0.3 is 10.6 Å². The Morgan fingerprint density at radius 3 is 2.82 bits per heavy atom. The van der Waals surface area contributed by atoms with Gasteiger partial charge in [-0.1, -0.05) is 42.3 Å². The first-order chi connectivity index (χ1) is 9.95. The van der Waals surface area contributed by atoms with Gasteiger partial charge in [-0.25, -0.2) is 0 Å². The van der Waals surface area contributed by atoms with Crippen molar-refractivity contribution in [3.05, 3.63) is 33.8 Å². The third kappa shape index (κ3) is 3.23. The SMILES string of the molecule is CC1(CN)CCN(C(=O)C2CC2c2cccc(Cl)c2Cl)C1.Cl. The van der Waals surface area contributed by atoms with Crippen molar-refractivity contribution < 1.29 is 4.79 Å². The second-order valence-electron chi connectivity index (χ2n) is 6.62. The maximum absolute atomic E-state index is 12.6. The van der Waals surface area contributed by atoms with Crippen molar-refractivity contribution in [3.63, 3.8) is 0 Å². The summed E-state index contributed by atoms with van der Waals surface area (Å²) in [4.78, 5) is 14.6. The van der Waals surface area contributed by atoms with Gasteiger partial charge in [-0.05, 0) is 42.3 Å². The normalized spacial score (nSPS) is 30.1. The minimum Gasteiger partial charge on any atom is -0.342 e. The maximum Gasteiger partial charge on any atom is 0.226 e. The van der Waals surface area contributed by atoms with E-state index in [0.717, 1.165) is 31.5 Å². The smallest absolute Gasteiger partial charge is 0.226 e. The predicted molar refractivity (Wildman–Crippen MR) is 92.9 cm³/mol. The standard InChI is InChI=1S/C16H20Cl2N2O.ClH/c1-16(8-19)5-6-20(9-16)15(21)12-7-11(12)10-3-2-4-13(17)14(10)18;/h2-4,11-12H,5-9,19H2,1H3;1H. The number of rotatable bonds is 3. The second kappa shape index (κ2) is 6.56. The largest absolute Gasteiger partial charge is 0.342 e. The van der Waals surface area contributed by atoms with Gasteiger partial charge in [-0.15, -0.1) is 12.4 Å². The molecule has 1 aromatic carbocycles. The zero-order valence-electron chi connectivity index (χ0n) is 12.5. The lowest BCUT2D eigenvalue weighted by Crippen LogP contribution is -2.35. The van der Waals surface area contributed by atoms with E-state index in [0.29, 0.717) is 16.6 Å². The summed E-state index contributed by atoms with van der Waals surface area (Å²) in [5.41, 5.74) is 6.89. The Bertz CT molecular complexity index is 581. The molecule has 3 rings (SSSR count). The van der Waals surface area contributed by atoms with Crippen molar-refractivity contribution in [2.24, 2.45) is 17.1 Å². The molecule has 2 aliphatic rings. The van der Waals surface area contributed by atoms with Crippen LogP contribution in [0.3, 0.4) is 0 Å². The third-order valence-electron chi connectivity index (χ3n) is 4.85. The van der Waals surface area contributed by atoms with Crippen LogP contribution in [0.25, 0.3) is 0 Å². The van der Waals surface area contributed by atoms with E-state index < -0.39 is 0 Å². The molecule has 6 heteroatoms. The van der Waals surface area contributed by atoms with Gasteiger partial charge in [0.2, 0.25) is 5.91 Å². The number of hydrogen-bond acceptors (Lipinski definition) is 2. The minimum atomic E-state index is 0. The molecule has 1 amide bonds. The topological polar surface area (TPSA) is 46.3 Å². The fourth-order valence-electron chi connectivity index (χ4n) is 3.23. The van der Waals surface area contributed by atoms with Gasteiger partial charge in [0.15, 0.2) is 0 Å². The maximum atomic E-state index is 12.6. The van der Waals surface area contributed by atoms with Crippen LogP contribution >= 0.6 is 35.6 Å². The van der Waals surface area contributed by atoms with Crippen molar-refractivity contribution in [1.82, 2.24) is 4.90 Å². The highest BCUT2D eigenvalue weighted by molar-refractivity contribution is 6.42. The Labute approximate surface area is 147 Å². The monoisotopic (exact) mass is 362 g/mol. The predicted octanol–water partition coefficient (Wildman–Crippen LogP) is 3.72. The average molecular weight is 364 g/mol. The van der Waals surface area contributed by atoms with Crippen LogP contribution in [0.4, 0.5) is 0 Å². The van der Waals surface area contributed by atoms with E-state index in [-0.39, 0.29) is 35.6 Å². The molecule has 1 aromatic rings. The molecule has 22 heavy (non-hydrogen) atoms. The lowest BCUT2D eigenvalue weighted by atomic mass is 9.90. The van der Waals surface area contributed by atoms with Crippen molar-refractivity contribution in [2.75, 3.05) is 19.6 Å². The van der Waals surface area contributed by atoms with Crippen LogP contribution in [-0.4, -0.2) is 30.4 Å². The van der Waals surface area contributed by atoms with Gasteiger partial charge in [0.05, 0.1) is 10.0 Å². The van der Waals surface area contributed by atoms with Crippen LogP contribution in [0, 0.1) is 11.3 Å². The molecule has 2 N–H and O–H groups in total. The molecule has 0 aromatic heterocycles. The quantitative estimate of drug-likeness (QED) is 0.889. The van der Waals surface area contributed by atoms with E-state index in [9.17, 15) is 4.79 Å². The van der Waals surface area contributed by atoms with Gasteiger partial charge in [-0.2, -0.15) is 0 Å². The Morgan fingerprint density at radius 1 is 1.45 bits per heavy atom. The lowest BCUT2D eigenvalue weighted by Gasteiger charge is -2.22. The summed E-state index contributed by atoms with van der Waals surface area (Å²) >= 11 is 12.3. The summed E-state index contributed by atoms with van der Waals surface area (Å²) in [6.07, 6.45) is 1.86. The number of likely N-dealkylation sites (tertiary alicyclic amines) is 1. The molecule has 0 bridgehead atoms. The van der Waals surface area contributed by atoms with Gasteiger partial charge in [-0.3, -0.25) is 4.79 Å². The van der Waals surface area contributed by atoms with Crippen molar-refractivity contribution in [2.45, 2.75) is 25.7 Å². The number of nitrogens with two attached hydrogens (primary N) is 1. The number of carbonyl (C=O) groups is 1. The Morgan fingerprint density at radius 2 is 2.18 bits per heavy atom.